The molecule has 1 heterocycles. The lowest BCUT2D eigenvalue weighted by Gasteiger charge is -2.03. The van der Waals surface area contributed by atoms with Crippen LogP contribution in [0.1, 0.15) is 31.9 Å². The molecule has 4 heteroatoms. The van der Waals surface area contributed by atoms with Crippen LogP contribution in [0, 0.1) is 0 Å². The van der Waals surface area contributed by atoms with E-state index in [1.165, 1.54) is 25.0 Å². The van der Waals surface area contributed by atoms with E-state index >= 15 is 0 Å². The van der Waals surface area contributed by atoms with E-state index in [1.54, 1.807) is 0 Å². The van der Waals surface area contributed by atoms with Crippen molar-refractivity contribution in [2.75, 3.05) is 5.75 Å². The molecule has 1 rings (SSSR count). The highest BCUT2D eigenvalue weighted by atomic mass is 32.1. The molecule has 0 N–H and O–H groups in total. The van der Waals surface area contributed by atoms with Gasteiger partial charge in [-0.2, -0.15) is 12.6 Å². The molecule has 0 radical (unpaired) electrons. The lowest BCUT2D eigenvalue weighted by Crippen LogP contribution is -2.05. The summed E-state index contributed by atoms with van der Waals surface area (Å²) in [5, 5.41) is 7.94. The zero-order valence-electron chi connectivity index (χ0n) is 8.11. The predicted molar refractivity (Wildman–Crippen MR) is 57.1 cm³/mol. The maximum absolute atomic E-state index is 4.19. The van der Waals surface area contributed by atoms with Gasteiger partial charge in [-0.05, 0) is 18.6 Å². The first-order valence-electron chi connectivity index (χ1n) is 4.86. The molecule has 0 unspecified atom stereocenters. The van der Waals surface area contributed by atoms with E-state index in [1.807, 2.05) is 10.9 Å². The van der Waals surface area contributed by atoms with Gasteiger partial charge in [0.15, 0.2) is 0 Å². The van der Waals surface area contributed by atoms with Gasteiger partial charge in [0.2, 0.25) is 0 Å². The van der Waals surface area contributed by atoms with Crippen LogP contribution in [0.15, 0.2) is 6.20 Å². The van der Waals surface area contributed by atoms with Crippen LogP contribution in [0.3, 0.4) is 0 Å². The minimum Gasteiger partial charge on any atom is -0.249 e. The zero-order chi connectivity index (χ0) is 9.52. The molecule has 0 aliphatic carbocycles. The molecule has 0 bridgehead atoms. The van der Waals surface area contributed by atoms with Gasteiger partial charge in [-0.25, -0.2) is 4.68 Å². The average Bonchev–Trinajstić information content (AvgIpc) is 2.54. The SMILES string of the molecule is CCCCCn1nncc1CCS. The van der Waals surface area contributed by atoms with Crippen LogP contribution in [-0.4, -0.2) is 20.7 Å². The monoisotopic (exact) mass is 199 g/mol. The van der Waals surface area contributed by atoms with E-state index in [4.69, 9.17) is 0 Å². The van der Waals surface area contributed by atoms with Gasteiger partial charge in [-0.3, -0.25) is 0 Å². The summed E-state index contributed by atoms with van der Waals surface area (Å²) in [6.07, 6.45) is 6.50. The molecule has 0 aliphatic rings. The van der Waals surface area contributed by atoms with Gasteiger partial charge >= 0.3 is 0 Å². The summed E-state index contributed by atoms with van der Waals surface area (Å²) in [5.41, 5.74) is 1.20. The molecule has 3 nitrogen and oxygen atoms in total. The van der Waals surface area contributed by atoms with E-state index in [9.17, 15) is 0 Å². The van der Waals surface area contributed by atoms with Gasteiger partial charge < -0.3 is 0 Å². The number of aromatic nitrogens is 3. The van der Waals surface area contributed by atoms with Crippen molar-refractivity contribution >= 4 is 12.6 Å². The van der Waals surface area contributed by atoms with Gasteiger partial charge in [0.25, 0.3) is 0 Å². The summed E-state index contributed by atoms with van der Waals surface area (Å²) in [4.78, 5) is 0. The summed E-state index contributed by atoms with van der Waals surface area (Å²) in [7, 11) is 0. The second kappa shape index (κ2) is 6.02. The third kappa shape index (κ3) is 3.38. The van der Waals surface area contributed by atoms with Crippen molar-refractivity contribution in [2.45, 2.75) is 39.2 Å². The number of hydrogen-bond donors (Lipinski definition) is 1. The molecule has 0 saturated carbocycles. The molecule has 0 saturated heterocycles. The molecular weight excluding hydrogens is 182 g/mol. The highest BCUT2D eigenvalue weighted by Gasteiger charge is 2.01. The summed E-state index contributed by atoms with van der Waals surface area (Å²) in [5.74, 6) is 0.862. The molecular formula is C9H17N3S. The quantitative estimate of drug-likeness (QED) is 0.560. The van der Waals surface area contributed by atoms with Crippen molar-refractivity contribution in [2.24, 2.45) is 0 Å². The number of aryl methyl sites for hydroxylation is 2. The van der Waals surface area contributed by atoms with Gasteiger partial charge in [-0.1, -0.05) is 25.0 Å². The molecule has 74 valence electrons. The molecule has 1 aromatic rings. The molecule has 0 aromatic carbocycles. The summed E-state index contributed by atoms with van der Waals surface area (Å²) >= 11 is 4.19. The fraction of sp³-hybridized carbons (Fsp3) is 0.778. The topological polar surface area (TPSA) is 30.7 Å². The minimum absolute atomic E-state index is 0.862. The lowest BCUT2D eigenvalue weighted by atomic mass is 10.2. The number of nitrogens with zero attached hydrogens (tertiary/aromatic N) is 3. The van der Waals surface area contributed by atoms with Crippen molar-refractivity contribution in [3.8, 4) is 0 Å². The van der Waals surface area contributed by atoms with Gasteiger partial charge in [0, 0.05) is 6.54 Å². The smallest absolute Gasteiger partial charge is 0.0725 e. The maximum atomic E-state index is 4.19. The van der Waals surface area contributed by atoms with E-state index in [2.05, 4.69) is 29.9 Å². The predicted octanol–water partition coefficient (Wildman–Crippen LogP) is 1.94. The van der Waals surface area contributed by atoms with Crippen LogP contribution in [0.25, 0.3) is 0 Å². The average molecular weight is 199 g/mol. The normalized spacial score (nSPS) is 10.6. The van der Waals surface area contributed by atoms with Crippen LogP contribution >= 0.6 is 12.6 Å². The van der Waals surface area contributed by atoms with Crippen LogP contribution in [0.2, 0.25) is 0 Å². The highest BCUT2D eigenvalue weighted by molar-refractivity contribution is 7.80. The summed E-state index contributed by atoms with van der Waals surface area (Å²) < 4.78 is 1.99. The first-order chi connectivity index (χ1) is 6.38. The van der Waals surface area contributed by atoms with E-state index in [-0.39, 0.29) is 0 Å². The second-order valence-corrected chi connectivity index (χ2v) is 3.58. The van der Waals surface area contributed by atoms with Gasteiger partial charge in [-0.15, -0.1) is 5.10 Å². The van der Waals surface area contributed by atoms with Crippen molar-refractivity contribution in [1.82, 2.24) is 15.0 Å². The van der Waals surface area contributed by atoms with Crippen LogP contribution in [0.5, 0.6) is 0 Å². The molecule has 1 aromatic heterocycles. The summed E-state index contributed by atoms with van der Waals surface area (Å²) in [6, 6.07) is 0. The maximum Gasteiger partial charge on any atom is 0.0725 e. The Bertz CT molecular complexity index is 235. The minimum atomic E-state index is 0.862. The Hall–Kier alpha value is -0.510. The van der Waals surface area contributed by atoms with Gasteiger partial charge in [0.1, 0.15) is 0 Å². The van der Waals surface area contributed by atoms with Gasteiger partial charge in [0.05, 0.1) is 11.9 Å². The fourth-order valence-electron chi connectivity index (χ4n) is 1.29. The molecule has 0 fully saturated rings. The summed E-state index contributed by atoms with van der Waals surface area (Å²) in [6.45, 7) is 3.20. The van der Waals surface area contributed by atoms with E-state index in [0.717, 1.165) is 18.7 Å². The van der Waals surface area contributed by atoms with Crippen LogP contribution < -0.4 is 0 Å². The Kier molecular flexibility index (Phi) is 4.90. The molecule has 0 spiro atoms. The Balaban J connectivity index is 2.40. The first-order valence-corrected chi connectivity index (χ1v) is 5.50. The van der Waals surface area contributed by atoms with E-state index in [0.29, 0.717) is 0 Å². The largest absolute Gasteiger partial charge is 0.249 e. The Morgan fingerprint density at radius 2 is 2.31 bits per heavy atom. The second-order valence-electron chi connectivity index (χ2n) is 3.13. The first kappa shape index (κ1) is 10.6. The van der Waals surface area contributed by atoms with Crippen molar-refractivity contribution < 1.29 is 0 Å². The van der Waals surface area contributed by atoms with Crippen molar-refractivity contribution in [3.63, 3.8) is 0 Å². The van der Waals surface area contributed by atoms with Crippen molar-refractivity contribution in [1.29, 1.82) is 0 Å². The molecule has 0 aliphatic heterocycles. The molecule has 13 heavy (non-hydrogen) atoms. The number of unbranched alkanes of at least 4 members (excludes halogenated alkanes) is 2. The zero-order valence-corrected chi connectivity index (χ0v) is 9.00. The third-order valence-electron chi connectivity index (χ3n) is 2.04. The van der Waals surface area contributed by atoms with E-state index < -0.39 is 0 Å². The number of hydrogen-bond acceptors (Lipinski definition) is 3. The third-order valence-corrected chi connectivity index (χ3v) is 2.26. The Labute approximate surface area is 84.9 Å². The Morgan fingerprint density at radius 1 is 1.46 bits per heavy atom. The lowest BCUT2D eigenvalue weighted by molar-refractivity contribution is 0.522. The standard InChI is InChI=1S/C9H17N3S/c1-2-3-4-6-12-9(5-7-13)8-10-11-12/h8,13H,2-7H2,1H3. The number of thiol groups is 1. The Morgan fingerprint density at radius 3 is 3.00 bits per heavy atom. The van der Waals surface area contributed by atoms with Crippen LogP contribution in [0.4, 0.5) is 0 Å². The van der Waals surface area contributed by atoms with Crippen LogP contribution in [-0.2, 0) is 13.0 Å². The van der Waals surface area contributed by atoms with Crippen molar-refractivity contribution in [3.05, 3.63) is 11.9 Å². The highest BCUT2D eigenvalue weighted by Crippen LogP contribution is 2.02. The molecule has 0 atom stereocenters. The number of rotatable bonds is 6. The molecule has 0 amide bonds. The fourth-order valence-corrected chi connectivity index (χ4v) is 1.52.